The first-order chi connectivity index (χ1) is 21.5. The molecule has 0 aliphatic heterocycles. The Kier molecular flexibility index (Phi) is 11.2. The number of sulfonamides is 1. The SMILES string of the molecule is CC[C@H](C)NC(=O)[C@H](Cc1ccccc1)N(Cc1ccccc1C)C(=O)CN(c1ccc(C)cc1)S(=O)(=O)c1ccc(C)cc1. The monoisotopic (exact) mass is 625 g/mol. The third-order valence-electron chi connectivity index (χ3n) is 8.08. The van der Waals surface area contributed by atoms with Crippen molar-refractivity contribution in [3.05, 3.63) is 131 Å². The van der Waals surface area contributed by atoms with Crippen LogP contribution in [0.25, 0.3) is 0 Å². The molecule has 2 amide bonds. The number of carbonyl (C=O) groups excluding carboxylic acids is 2. The summed E-state index contributed by atoms with van der Waals surface area (Å²) in [5.41, 5.74) is 5.00. The van der Waals surface area contributed by atoms with Crippen molar-refractivity contribution in [3.8, 4) is 0 Å². The van der Waals surface area contributed by atoms with Gasteiger partial charge < -0.3 is 10.2 Å². The molecule has 8 heteroatoms. The van der Waals surface area contributed by atoms with E-state index in [4.69, 9.17) is 0 Å². The molecule has 0 bridgehead atoms. The number of carbonyl (C=O) groups is 2. The molecule has 0 aromatic heterocycles. The highest BCUT2D eigenvalue weighted by Crippen LogP contribution is 2.26. The summed E-state index contributed by atoms with van der Waals surface area (Å²) in [5.74, 6) is -0.756. The van der Waals surface area contributed by atoms with E-state index in [9.17, 15) is 18.0 Å². The molecule has 1 N–H and O–H groups in total. The minimum atomic E-state index is -4.14. The zero-order valence-corrected chi connectivity index (χ0v) is 27.6. The molecule has 0 saturated heterocycles. The molecule has 2 atom stereocenters. The highest BCUT2D eigenvalue weighted by Gasteiger charge is 2.35. The lowest BCUT2D eigenvalue weighted by atomic mass is 10.0. The van der Waals surface area contributed by atoms with Crippen molar-refractivity contribution in [2.75, 3.05) is 10.8 Å². The van der Waals surface area contributed by atoms with Gasteiger partial charge in [0.05, 0.1) is 10.6 Å². The summed E-state index contributed by atoms with van der Waals surface area (Å²) < 4.78 is 29.5. The molecule has 7 nitrogen and oxygen atoms in total. The molecule has 0 radical (unpaired) electrons. The van der Waals surface area contributed by atoms with E-state index in [0.29, 0.717) is 5.69 Å². The van der Waals surface area contributed by atoms with Gasteiger partial charge in [-0.2, -0.15) is 0 Å². The molecule has 0 aliphatic carbocycles. The summed E-state index contributed by atoms with van der Waals surface area (Å²) in [6.45, 7) is 9.35. The van der Waals surface area contributed by atoms with Gasteiger partial charge in [0.15, 0.2) is 0 Å². The summed E-state index contributed by atoms with van der Waals surface area (Å²) in [6.07, 6.45) is 1.00. The second-order valence-electron chi connectivity index (χ2n) is 11.6. The third kappa shape index (κ3) is 8.60. The third-order valence-corrected chi connectivity index (χ3v) is 9.87. The first kappa shape index (κ1) is 33.5. The van der Waals surface area contributed by atoms with Crippen LogP contribution in [-0.4, -0.2) is 43.8 Å². The highest BCUT2D eigenvalue weighted by atomic mass is 32.2. The van der Waals surface area contributed by atoms with E-state index >= 15 is 0 Å². The van der Waals surface area contributed by atoms with Crippen molar-refractivity contribution >= 4 is 27.5 Å². The number of rotatable bonds is 13. The number of amides is 2. The van der Waals surface area contributed by atoms with E-state index in [-0.39, 0.29) is 29.8 Å². The number of nitrogens with one attached hydrogen (secondary N) is 1. The quantitative estimate of drug-likeness (QED) is 0.187. The predicted octanol–water partition coefficient (Wildman–Crippen LogP) is 6.36. The van der Waals surface area contributed by atoms with Crippen LogP contribution in [0.5, 0.6) is 0 Å². The van der Waals surface area contributed by atoms with Crippen LogP contribution in [0.1, 0.15) is 48.1 Å². The number of hydrogen-bond acceptors (Lipinski definition) is 4. The van der Waals surface area contributed by atoms with Crippen molar-refractivity contribution in [3.63, 3.8) is 0 Å². The van der Waals surface area contributed by atoms with Gasteiger partial charge in [-0.3, -0.25) is 13.9 Å². The Balaban J connectivity index is 1.81. The standard InChI is InChI=1S/C37H43N3O4S/c1-6-30(5)38-37(42)35(24-31-13-8-7-9-14-31)39(25-32-15-11-10-12-29(32)4)36(41)26-40(33-20-16-27(2)17-21-33)45(43,44)34-22-18-28(3)19-23-34/h7-23,30,35H,6,24-26H2,1-5H3,(H,38,42)/t30-,35-/m0/s1. The molecule has 0 unspecified atom stereocenters. The van der Waals surface area contributed by atoms with Crippen LogP contribution in [0.3, 0.4) is 0 Å². The van der Waals surface area contributed by atoms with Crippen LogP contribution >= 0.6 is 0 Å². The Labute approximate surface area is 268 Å². The molecule has 0 fully saturated rings. The van der Waals surface area contributed by atoms with E-state index in [1.54, 1.807) is 41.3 Å². The predicted molar refractivity (Wildman–Crippen MR) is 180 cm³/mol. The molecule has 4 aromatic rings. The van der Waals surface area contributed by atoms with Crippen LogP contribution in [0.2, 0.25) is 0 Å². The van der Waals surface area contributed by atoms with Crippen molar-refractivity contribution < 1.29 is 18.0 Å². The van der Waals surface area contributed by atoms with Gasteiger partial charge in [0, 0.05) is 19.0 Å². The van der Waals surface area contributed by atoms with Crippen molar-refractivity contribution in [2.24, 2.45) is 0 Å². The van der Waals surface area contributed by atoms with Crippen molar-refractivity contribution in [1.82, 2.24) is 10.2 Å². The lowest BCUT2D eigenvalue weighted by Crippen LogP contribution is -2.54. The van der Waals surface area contributed by atoms with Crippen LogP contribution in [0.15, 0.2) is 108 Å². The minimum absolute atomic E-state index is 0.0854. The molecule has 0 saturated carbocycles. The second-order valence-corrected chi connectivity index (χ2v) is 13.5. The summed E-state index contributed by atoms with van der Waals surface area (Å²) in [6, 6.07) is 30.0. The van der Waals surface area contributed by atoms with Crippen molar-refractivity contribution in [2.45, 2.75) is 71.0 Å². The van der Waals surface area contributed by atoms with Gasteiger partial charge in [-0.25, -0.2) is 8.42 Å². The first-order valence-electron chi connectivity index (χ1n) is 15.3. The number of benzene rings is 4. The fourth-order valence-electron chi connectivity index (χ4n) is 5.04. The van der Waals surface area contributed by atoms with Gasteiger partial charge in [0.25, 0.3) is 10.0 Å². The molecule has 4 rings (SSSR count). The Bertz CT molecular complexity index is 1690. The maximum atomic E-state index is 14.6. The number of hydrogen-bond donors (Lipinski definition) is 1. The van der Waals surface area contributed by atoms with E-state index in [1.165, 1.54) is 0 Å². The first-order valence-corrected chi connectivity index (χ1v) is 16.8. The zero-order chi connectivity index (χ0) is 32.6. The number of anilines is 1. The van der Waals surface area contributed by atoms with Gasteiger partial charge in [-0.1, -0.05) is 96.9 Å². The maximum Gasteiger partial charge on any atom is 0.264 e. The fourth-order valence-corrected chi connectivity index (χ4v) is 6.46. The van der Waals surface area contributed by atoms with Crippen molar-refractivity contribution in [1.29, 1.82) is 0 Å². The van der Waals surface area contributed by atoms with Gasteiger partial charge >= 0.3 is 0 Å². The van der Waals surface area contributed by atoms with E-state index < -0.39 is 28.5 Å². The van der Waals surface area contributed by atoms with E-state index in [0.717, 1.165) is 38.5 Å². The Morgan fingerprint density at radius 2 is 1.36 bits per heavy atom. The zero-order valence-electron chi connectivity index (χ0n) is 26.7. The fraction of sp³-hybridized carbons (Fsp3) is 0.297. The molecule has 45 heavy (non-hydrogen) atoms. The summed E-state index contributed by atoms with van der Waals surface area (Å²) >= 11 is 0. The maximum absolute atomic E-state index is 14.6. The molecule has 0 spiro atoms. The van der Waals surface area contributed by atoms with Gasteiger partial charge in [0.1, 0.15) is 12.6 Å². The Morgan fingerprint density at radius 3 is 1.96 bits per heavy atom. The molecule has 4 aromatic carbocycles. The normalized spacial score (nSPS) is 12.6. The minimum Gasteiger partial charge on any atom is -0.352 e. The Hall–Kier alpha value is -4.43. The van der Waals surface area contributed by atoms with Crippen LogP contribution < -0.4 is 9.62 Å². The molecular formula is C37H43N3O4S. The smallest absolute Gasteiger partial charge is 0.264 e. The molecule has 0 aliphatic rings. The van der Waals surface area contributed by atoms with Gasteiger partial charge in [-0.15, -0.1) is 0 Å². The van der Waals surface area contributed by atoms with Crippen LogP contribution in [-0.2, 0) is 32.6 Å². The highest BCUT2D eigenvalue weighted by molar-refractivity contribution is 7.92. The van der Waals surface area contributed by atoms with Crippen LogP contribution in [0.4, 0.5) is 5.69 Å². The molecule has 236 valence electrons. The van der Waals surface area contributed by atoms with E-state index in [1.807, 2.05) is 101 Å². The van der Waals surface area contributed by atoms with Gasteiger partial charge in [-0.05, 0) is 75.1 Å². The van der Waals surface area contributed by atoms with Gasteiger partial charge in [0.2, 0.25) is 11.8 Å². The molecular weight excluding hydrogens is 582 g/mol. The molecule has 0 heterocycles. The lowest BCUT2D eigenvalue weighted by molar-refractivity contribution is -0.140. The topological polar surface area (TPSA) is 86.8 Å². The number of aryl methyl sites for hydroxylation is 3. The Morgan fingerprint density at radius 1 is 0.778 bits per heavy atom. The average Bonchev–Trinajstić information content (AvgIpc) is 3.03. The summed E-state index contributed by atoms with van der Waals surface area (Å²) in [4.78, 5) is 30.1. The second kappa shape index (κ2) is 15.0. The van der Waals surface area contributed by atoms with E-state index in [2.05, 4.69) is 5.32 Å². The summed E-state index contributed by atoms with van der Waals surface area (Å²) in [7, 11) is -4.14. The lowest BCUT2D eigenvalue weighted by Gasteiger charge is -2.34. The summed E-state index contributed by atoms with van der Waals surface area (Å²) in [5, 5.41) is 3.07. The average molecular weight is 626 g/mol. The van der Waals surface area contributed by atoms with Crippen LogP contribution in [0, 0.1) is 20.8 Å². The number of nitrogens with zero attached hydrogens (tertiary/aromatic N) is 2. The largest absolute Gasteiger partial charge is 0.352 e.